The van der Waals surface area contributed by atoms with Gasteiger partial charge in [-0.2, -0.15) is 5.26 Å². The monoisotopic (exact) mass is 216 g/mol. The van der Waals surface area contributed by atoms with Crippen molar-refractivity contribution in [2.24, 2.45) is 5.92 Å². The lowest BCUT2D eigenvalue weighted by Gasteiger charge is -2.31. The van der Waals surface area contributed by atoms with Crippen LogP contribution in [0.3, 0.4) is 0 Å². The number of nitriles is 1. The topological polar surface area (TPSA) is 56.0 Å². The lowest BCUT2D eigenvalue weighted by Crippen LogP contribution is -2.35. The largest absolute Gasteiger partial charge is 0.393 e. The van der Waals surface area contributed by atoms with Crippen LogP contribution in [0.15, 0.2) is 24.3 Å². The Kier molecular flexibility index (Phi) is 3.55. The van der Waals surface area contributed by atoms with Crippen LogP contribution in [0.2, 0.25) is 0 Å². The molecule has 0 amide bonds. The van der Waals surface area contributed by atoms with E-state index in [1.807, 2.05) is 24.3 Å². The van der Waals surface area contributed by atoms with Gasteiger partial charge in [0.25, 0.3) is 0 Å². The van der Waals surface area contributed by atoms with Crippen LogP contribution in [0, 0.1) is 17.2 Å². The van der Waals surface area contributed by atoms with Crippen molar-refractivity contribution < 1.29 is 5.11 Å². The number of nitrogens with zero attached hydrogens (tertiary/aromatic N) is 1. The third-order valence-corrected chi connectivity index (χ3v) is 3.03. The van der Waals surface area contributed by atoms with Gasteiger partial charge in [-0.25, -0.2) is 0 Å². The van der Waals surface area contributed by atoms with Crippen molar-refractivity contribution in [2.45, 2.75) is 25.5 Å². The molecule has 1 aromatic rings. The standard InChI is InChI=1S/C13H16N2O/c14-7-10-2-1-3-11(4-10)8-15-9-12-5-13(16)6-12/h1-4,12-13,15-16H,5-6,8-9H2. The second kappa shape index (κ2) is 5.11. The summed E-state index contributed by atoms with van der Waals surface area (Å²) in [6.45, 7) is 1.75. The van der Waals surface area contributed by atoms with E-state index >= 15 is 0 Å². The first kappa shape index (κ1) is 11.1. The maximum atomic E-state index is 9.14. The van der Waals surface area contributed by atoms with Crippen LogP contribution < -0.4 is 5.32 Å². The van der Waals surface area contributed by atoms with Gasteiger partial charge in [0.15, 0.2) is 0 Å². The van der Waals surface area contributed by atoms with Crippen LogP contribution in [0.5, 0.6) is 0 Å². The van der Waals surface area contributed by atoms with Gasteiger partial charge in [-0.3, -0.25) is 0 Å². The maximum Gasteiger partial charge on any atom is 0.0991 e. The first-order valence-corrected chi connectivity index (χ1v) is 5.66. The van der Waals surface area contributed by atoms with Crippen LogP contribution in [0.25, 0.3) is 0 Å². The van der Waals surface area contributed by atoms with E-state index in [9.17, 15) is 0 Å². The summed E-state index contributed by atoms with van der Waals surface area (Å²) in [5.74, 6) is 0.620. The molecule has 16 heavy (non-hydrogen) atoms. The Labute approximate surface area is 95.7 Å². The molecule has 1 saturated carbocycles. The number of aliphatic hydroxyl groups excluding tert-OH is 1. The minimum Gasteiger partial charge on any atom is -0.393 e. The van der Waals surface area contributed by atoms with Crippen molar-refractivity contribution in [1.29, 1.82) is 5.26 Å². The molecule has 0 atom stereocenters. The van der Waals surface area contributed by atoms with Crippen molar-refractivity contribution in [1.82, 2.24) is 5.32 Å². The fourth-order valence-corrected chi connectivity index (χ4v) is 2.04. The maximum absolute atomic E-state index is 9.14. The van der Waals surface area contributed by atoms with Gasteiger partial charge >= 0.3 is 0 Å². The molecule has 1 aliphatic rings. The molecule has 84 valence electrons. The molecule has 0 unspecified atom stereocenters. The molecule has 0 saturated heterocycles. The van der Waals surface area contributed by atoms with Crippen molar-refractivity contribution in [3.05, 3.63) is 35.4 Å². The number of rotatable bonds is 4. The molecule has 0 aromatic heterocycles. The number of nitrogens with one attached hydrogen (secondary N) is 1. The van der Waals surface area contributed by atoms with Gasteiger partial charge in [-0.05, 0) is 43.0 Å². The third kappa shape index (κ3) is 2.82. The van der Waals surface area contributed by atoms with E-state index in [0.717, 1.165) is 31.5 Å². The van der Waals surface area contributed by atoms with Crippen LogP contribution in [-0.2, 0) is 6.54 Å². The highest BCUT2D eigenvalue weighted by atomic mass is 16.3. The van der Waals surface area contributed by atoms with E-state index in [-0.39, 0.29) is 6.10 Å². The average molecular weight is 216 g/mol. The van der Waals surface area contributed by atoms with Crippen molar-refractivity contribution in [3.8, 4) is 6.07 Å². The Morgan fingerprint density at radius 2 is 2.25 bits per heavy atom. The Balaban J connectivity index is 1.75. The van der Waals surface area contributed by atoms with E-state index in [1.165, 1.54) is 0 Å². The predicted octanol–water partition coefficient (Wildman–Crippen LogP) is 1.42. The summed E-state index contributed by atoms with van der Waals surface area (Å²) in [5.41, 5.74) is 1.84. The second-order valence-corrected chi connectivity index (χ2v) is 4.43. The molecule has 1 aromatic carbocycles. The van der Waals surface area contributed by atoms with Gasteiger partial charge in [0, 0.05) is 6.54 Å². The zero-order chi connectivity index (χ0) is 11.4. The summed E-state index contributed by atoms with van der Waals surface area (Å²) in [4.78, 5) is 0. The van der Waals surface area contributed by atoms with E-state index < -0.39 is 0 Å². The molecule has 0 bridgehead atoms. The zero-order valence-corrected chi connectivity index (χ0v) is 9.19. The van der Waals surface area contributed by atoms with E-state index in [2.05, 4.69) is 11.4 Å². The van der Waals surface area contributed by atoms with Crippen LogP contribution in [0.4, 0.5) is 0 Å². The van der Waals surface area contributed by atoms with Gasteiger partial charge in [0.2, 0.25) is 0 Å². The summed E-state index contributed by atoms with van der Waals surface area (Å²) >= 11 is 0. The predicted molar refractivity (Wildman–Crippen MR) is 61.6 cm³/mol. The van der Waals surface area contributed by atoms with Crippen molar-refractivity contribution in [2.75, 3.05) is 6.54 Å². The molecule has 3 nitrogen and oxygen atoms in total. The molecule has 0 aliphatic heterocycles. The third-order valence-electron chi connectivity index (χ3n) is 3.03. The van der Waals surface area contributed by atoms with Gasteiger partial charge in [-0.15, -0.1) is 0 Å². The first-order chi connectivity index (χ1) is 7.78. The Hall–Kier alpha value is -1.37. The molecular weight excluding hydrogens is 200 g/mol. The summed E-state index contributed by atoms with van der Waals surface area (Å²) in [6.07, 6.45) is 1.77. The molecule has 2 N–H and O–H groups in total. The molecule has 1 fully saturated rings. The molecule has 0 radical (unpaired) electrons. The fraction of sp³-hybridized carbons (Fsp3) is 0.462. The van der Waals surface area contributed by atoms with E-state index in [4.69, 9.17) is 10.4 Å². The molecule has 2 rings (SSSR count). The number of hydrogen-bond donors (Lipinski definition) is 2. The molecule has 1 aliphatic carbocycles. The highest BCUT2D eigenvalue weighted by Crippen LogP contribution is 2.26. The summed E-state index contributed by atoms with van der Waals surface area (Å²) in [5, 5.41) is 21.2. The zero-order valence-electron chi connectivity index (χ0n) is 9.19. The van der Waals surface area contributed by atoms with E-state index in [0.29, 0.717) is 11.5 Å². The normalized spacial score (nSPS) is 23.5. The Bertz CT molecular complexity index is 391. The quantitative estimate of drug-likeness (QED) is 0.800. The molecule has 0 heterocycles. The number of benzene rings is 1. The lowest BCUT2D eigenvalue weighted by molar-refractivity contribution is 0.0430. The van der Waals surface area contributed by atoms with Crippen molar-refractivity contribution in [3.63, 3.8) is 0 Å². The van der Waals surface area contributed by atoms with E-state index in [1.54, 1.807) is 0 Å². The Morgan fingerprint density at radius 1 is 1.44 bits per heavy atom. The minimum absolute atomic E-state index is 0.0753. The summed E-state index contributed by atoms with van der Waals surface area (Å²) in [7, 11) is 0. The first-order valence-electron chi connectivity index (χ1n) is 5.66. The smallest absolute Gasteiger partial charge is 0.0991 e. The molecule has 0 spiro atoms. The second-order valence-electron chi connectivity index (χ2n) is 4.43. The van der Waals surface area contributed by atoms with Crippen LogP contribution >= 0.6 is 0 Å². The van der Waals surface area contributed by atoms with Gasteiger partial charge < -0.3 is 10.4 Å². The summed E-state index contributed by atoms with van der Waals surface area (Å²) < 4.78 is 0. The molecular formula is C13H16N2O. The highest BCUT2D eigenvalue weighted by Gasteiger charge is 2.26. The number of hydrogen-bond acceptors (Lipinski definition) is 3. The average Bonchev–Trinajstić information content (AvgIpc) is 2.27. The Morgan fingerprint density at radius 3 is 2.94 bits per heavy atom. The van der Waals surface area contributed by atoms with Gasteiger partial charge in [-0.1, -0.05) is 12.1 Å². The van der Waals surface area contributed by atoms with Gasteiger partial charge in [0.05, 0.1) is 17.7 Å². The SMILES string of the molecule is N#Cc1cccc(CNCC2CC(O)C2)c1. The molecule has 3 heteroatoms. The lowest BCUT2D eigenvalue weighted by atomic mass is 9.82. The van der Waals surface area contributed by atoms with Crippen LogP contribution in [-0.4, -0.2) is 17.8 Å². The van der Waals surface area contributed by atoms with Gasteiger partial charge in [0.1, 0.15) is 0 Å². The van der Waals surface area contributed by atoms with Crippen molar-refractivity contribution >= 4 is 0 Å². The highest BCUT2D eigenvalue weighted by molar-refractivity contribution is 5.32. The number of aliphatic hydroxyl groups is 1. The van der Waals surface area contributed by atoms with Crippen LogP contribution in [0.1, 0.15) is 24.0 Å². The summed E-state index contributed by atoms with van der Waals surface area (Å²) in [6, 6.07) is 9.77. The fourth-order valence-electron chi connectivity index (χ4n) is 2.04. The minimum atomic E-state index is -0.0753.